The second-order valence-corrected chi connectivity index (χ2v) is 13.3. The summed E-state index contributed by atoms with van der Waals surface area (Å²) in [4.78, 5) is 17.3. The van der Waals surface area contributed by atoms with Crippen molar-refractivity contribution in [3.05, 3.63) is 105 Å². The Kier molecular flexibility index (Phi) is 14.1. The van der Waals surface area contributed by atoms with Crippen molar-refractivity contribution in [1.82, 2.24) is 15.2 Å². The molecule has 268 valence electrons. The maximum atomic E-state index is 10.6. The van der Waals surface area contributed by atoms with Crippen LogP contribution in [0.5, 0.6) is 17.2 Å². The van der Waals surface area contributed by atoms with E-state index in [4.69, 9.17) is 30.5 Å². The van der Waals surface area contributed by atoms with Gasteiger partial charge in [0.2, 0.25) is 0 Å². The van der Waals surface area contributed by atoms with E-state index in [2.05, 4.69) is 71.5 Å². The summed E-state index contributed by atoms with van der Waals surface area (Å²) in [5, 5.41) is 13.1. The van der Waals surface area contributed by atoms with E-state index in [9.17, 15) is 10.1 Å². The smallest absolute Gasteiger partial charge is 0.293 e. The lowest BCUT2D eigenvalue weighted by molar-refractivity contribution is -0.132. The Morgan fingerprint density at radius 1 is 0.941 bits per heavy atom. The first-order valence-corrected chi connectivity index (χ1v) is 18.0. The topological polar surface area (TPSA) is 106 Å². The highest BCUT2D eigenvalue weighted by molar-refractivity contribution is 6.32. The Hall–Kier alpha value is -4.62. The molecule has 1 unspecified atom stereocenters. The van der Waals surface area contributed by atoms with Crippen LogP contribution in [0.2, 0.25) is 5.02 Å². The summed E-state index contributed by atoms with van der Waals surface area (Å²) >= 11 is 6.79. The Morgan fingerprint density at radius 3 is 2.49 bits per heavy atom. The maximum Gasteiger partial charge on any atom is 0.293 e. The Bertz CT molecular complexity index is 1800. The molecule has 2 heterocycles. The molecule has 10 heteroatoms. The number of nitrogens with one attached hydrogen (secondary N) is 1. The van der Waals surface area contributed by atoms with Gasteiger partial charge < -0.3 is 29.2 Å². The number of ether oxygens (including phenoxy) is 4. The van der Waals surface area contributed by atoms with Gasteiger partial charge in [-0.3, -0.25) is 9.78 Å². The van der Waals surface area contributed by atoms with Crippen LogP contribution in [0, 0.1) is 25.2 Å². The van der Waals surface area contributed by atoms with E-state index >= 15 is 0 Å². The zero-order valence-electron chi connectivity index (χ0n) is 29.8. The summed E-state index contributed by atoms with van der Waals surface area (Å²) in [6.07, 6.45) is 7.28. The minimum absolute atomic E-state index is 0.192. The molecule has 0 saturated carbocycles. The number of hydrogen-bond donors (Lipinski definition) is 1. The first-order valence-electron chi connectivity index (χ1n) is 17.6. The second kappa shape index (κ2) is 19.1. The van der Waals surface area contributed by atoms with E-state index in [0.29, 0.717) is 61.3 Å². The number of benzene rings is 3. The van der Waals surface area contributed by atoms with E-state index in [1.165, 1.54) is 32.1 Å². The predicted molar refractivity (Wildman–Crippen MR) is 199 cm³/mol. The summed E-state index contributed by atoms with van der Waals surface area (Å²) in [6, 6.07) is 20.0. The number of nitrogens with zero attached hydrogens (tertiary/aromatic N) is 3. The van der Waals surface area contributed by atoms with Crippen molar-refractivity contribution < 1.29 is 23.7 Å². The molecule has 0 aliphatic carbocycles. The number of aromatic nitrogens is 1. The van der Waals surface area contributed by atoms with Crippen molar-refractivity contribution in [2.75, 3.05) is 32.8 Å². The van der Waals surface area contributed by atoms with Crippen molar-refractivity contribution in [1.29, 1.82) is 5.26 Å². The van der Waals surface area contributed by atoms with Crippen LogP contribution in [-0.4, -0.2) is 55.2 Å². The maximum absolute atomic E-state index is 10.6. The standard InChI is InChI=1S/C41H47ClN4O5/c1-29(51-28-47)13-14-44-25-35-20-38(42)41(21-40(35)49-26-33-19-32(22-43)23-45-24-33)50-27-34-9-6-10-36(30(34)2)37-11-7-12-39(31(37)3)48-18-8-17-46-15-4-5-16-46/h6-7,9-12,19-21,23-24,28-29,44H,4-5,8,13-18,25-27H2,1-3H3. The van der Waals surface area contributed by atoms with Gasteiger partial charge in [0.25, 0.3) is 6.47 Å². The van der Waals surface area contributed by atoms with Crippen LogP contribution in [0.1, 0.15) is 66.0 Å². The van der Waals surface area contributed by atoms with E-state index in [0.717, 1.165) is 57.7 Å². The van der Waals surface area contributed by atoms with Crippen LogP contribution in [0.25, 0.3) is 11.1 Å². The SMILES string of the molecule is Cc1c(COc2cc(OCc3cncc(C#N)c3)c(CNCCC(C)OC=O)cc2Cl)cccc1-c1cccc(OCCCN2CCCC2)c1C. The van der Waals surface area contributed by atoms with Crippen LogP contribution in [0.4, 0.5) is 0 Å². The van der Waals surface area contributed by atoms with Gasteiger partial charge >= 0.3 is 0 Å². The number of halogens is 1. The summed E-state index contributed by atoms with van der Waals surface area (Å²) in [6.45, 7) is 12.4. The van der Waals surface area contributed by atoms with Crippen LogP contribution in [0.15, 0.2) is 67.0 Å². The minimum Gasteiger partial charge on any atom is -0.493 e. The van der Waals surface area contributed by atoms with Gasteiger partial charge in [-0.1, -0.05) is 41.9 Å². The number of likely N-dealkylation sites (tertiary alicyclic amines) is 1. The third-order valence-corrected chi connectivity index (χ3v) is 9.54. The third kappa shape index (κ3) is 10.7. The molecule has 9 nitrogen and oxygen atoms in total. The molecule has 5 rings (SSSR count). The Morgan fingerprint density at radius 2 is 1.71 bits per heavy atom. The normalized spacial score (nSPS) is 13.4. The first kappa shape index (κ1) is 37.6. The summed E-state index contributed by atoms with van der Waals surface area (Å²) < 4.78 is 23.9. The molecule has 1 aliphatic rings. The van der Waals surface area contributed by atoms with Crippen LogP contribution in [-0.2, 0) is 29.3 Å². The third-order valence-electron chi connectivity index (χ3n) is 9.24. The molecule has 1 aliphatic heterocycles. The minimum atomic E-state index is -0.192. The average Bonchev–Trinajstić information content (AvgIpc) is 3.66. The molecule has 1 N–H and O–H groups in total. The molecule has 51 heavy (non-hydrogen) atoms. The highest BCUT2D eigenvalue weighted by Crippen LogP contribution is 2.36. The molecule has 4 aromatic rings. The van der Waals surface area contributed by atoms with Gasteiger partial charge in [-0.2, -0.15) is 5.26 Å². The lowest BCUT2D eigenvalue weighted by atomic mass is 9.93. The molecule has 1 fully saturated rings. The molecule has 0 bridgehead atoms. The number of rotatable bonds is 19. The quantitative estimate of drug-likeness (QED) is 0.0767. The zero-order valence-corrected chi connectivity index (χ0v) is 30.5. The number of nitriles is 1. The second-order valence-electron chi connectivity index (χ2n) is 12.9. The highest BCUT2D eigenvalue weighted by Gasteiger charge is 2.16. The Labute approximate surface area is 306 Å². The fraction of sp³-hybridized carbons (Fsp3) is 0.390. The van der Waals surface area contributed by atoms with Gasteiger partial charge in [0.05, 0.1) is 23.3 Å². The van der Waals surface area contributed by atoms with Crippen molar-refractivity contribution >= 4 is 18.1 Å². The van der Waals surface area contributed by atoms with Crippen molar-refractivity contribution in [3.63, 3.8) is 0 Å². The van der Waals surface area contributed by atoms with E-state index in [-0.39, 0.29) is 12.7 Å². The molecule has 1 saturated heterocycles. The van der Waals surface area contributed by atoms with Crippen LogP contribution >= 0.6 is 11.6 Å². The first-order chi connectivity index (χ1) is 24.9. The average molecular weight is 711 g/mol. The fourth-order valence-electron chi connectivity index (χ4n) is 6.27. The lowest BCUT2D eigenvalue weighted by Gasteiger charge is -2.19. The van der Waals surface area contributed by atoms with Crippen LogP contribution in [0.3, 0.4) is 0 Å². The molecule has 0 radical (unpaired) electrons. The van der Waals surface area contributed by atoms with E-state index in [1.807, 2.05) is 19.1 Å². The molecule has 3 aromatic carbocycles. The van der Waals surface area contributed by atoms with Crippen LogP contribution < -0.4 is 19.5 Å². The van der Waals surface area contributed by atoms with Crippen molar-refractivity contribution in [2.45, 2.75) is 72.3 Å². The van der Waals surface area contributed by atoms with Gasteiger partial charge in [0, 0.05) is 42.7 Å². The van der Waals surface area contributed by atoms with Gasteiger partial charge in [-0.25, -0.2) is 0 Å². The number of pyridine rings is 1. The molecular formula is C41H47ClN4O5. The summed E-state index contributed by atoms with van der Waals surface area (Å²) in [7, 11) is 0. The molecule has 1 atom stereocenters. The molecular weight excluding hydrogens is 664 g/mol. The van der Waals surface area contributed by atoms with Gasteiger partial charge in [0.1, 0.15) is 36.5 Å². The molecule has 1 aromatic heterocycles. The number of carbonyl (C=O) groups excluding carboxylic acids is 1. The van der Waals surface area contributed by atoms with Gasteiger partial charge in [-0.05, 0) is 112 Å². The number of hydrogen-bond acceptors (Lipinski definition) is 9. The molecule has 0 amide bonds. The highest BCUT2D eigenvalue weighted by atomic mass is 35.5. The van der Waals surface area contributed by atoms with Crippen molar-refractivity contribution in [2.24, 2.45) is 0 Å². The van der Waals surface area contributed by atoms with Gasteiger partial charge in [0.15, 0.2) is 0 Å². The Balaban J connectivity index is 1.28. The summed E-state index contributed by atoms with van der Waals surface area (Å²) in [5.74, 6) is 2.01. The summed E-state index contributed by atoms with van der Waals surface area (Å²) in [5.41, 5.74) is 7.63. The van der Waals surface area contributed by atoms with E-state index in [1.54, 1.807) is 12.3 Å². The number of carbonyl (C=O) groups is 1. The van der Waals surface area contributed by atoms with Gasteiger partial charge in [-0.15, -0.1) is 0 Å². The predicted octanol–water partition coefficient (Wildman–Crippen LogP) is 7.95. The molecule has 0 spiro atoms. The monoisotopic (exact) mass is 710 g/mol. The largest absolute Gasteiger partial charge is 0.493 e. The van der Waals surface area contributed by atoms with E-state index < -0.39 is 0 Å². The lowest BCUT2D eigenvalue weighted by Crippen LogP contribution is -2.22. The van der Waals surface area contributed by atoms with Crippen molar-refractivity contribution in [3.8, 4) is 34.4 Å². The zero-order chi connectivity index (χ0) is 36.0. The fourth-order valence-corrected chi connectivity index (χ4v) is 6.51.